The van der Waals surface area contributed by atoms with Gasteiger partial charge in [0.05, 0.1) is 13.2 Å². The first-order valence-corrected chi connectivity index (χ1v) is 11.6. The Hall–Kier alpha value is -3.91. The number of hydrogen-bond donors (Lipinski definition) is 2. The fourth-order valence-electron chi connectivity index (χ4n) is 3.82. The van der Waals surface area contributed by atoms with Crippen LogP contribution in [-0.4, -0.2) is 36.6 Å². The van der Waals surface area contributed by atoms with Gasteiger partial charge in [-0.2, -0.15) is 0 Å². The van der Waals surface area contributed by atoms with E-state index in [4.69, 9.17) is 14.2 Å². The molecule has 2 heterocycles. The topological polar surface area (TPSA) is 98.8 Å². The van der Waals surface area contributed by atoms with Gasteiger partial charge in [0.25, 0.3) is 11.8 Å². The second kappa shape index (κ2) is 11.5. The molecule has 2 atom stereocenters. The summed E-state index contributed by atoms with van der Waals surface area (Å²) in [7, 11) is 1.58. The Morgan fingerprint density at radius 2 is 1.94 bits per heavy atom. The van der Waals surface area contributed by atoms with Crippen LogP contribution in [0.1, 0.15) is 47.3 Å². The summed E-state index contributed by atoms with van der Waals surface area (Å²) in [6.07, 6.45) is 4.59. The summed E-state index contributed by atoms with van der Waals surface area (Å²) < 4.78 is 16.8. The van der Waals surface area contributed by atoms with E-state index in [1.165, 1.54) is 0 Å². The standard InChI is InChI=1S/C27H29N3O5/c1-18(20-8-9-23(25(16-20)33-2)35-17-19-10-12-28-13-11-19)29-26(31)21-5-3-6-22(15-21)30-27(32)24-7-4-14-34-24/h3,5-6,8-13,15-16,18,24H,4,7,14,17H2,1-2H3,(H,29,31)(H,30,32). The maximum atomic E-state index is 12.9. The molecule has 0 spiro atoms. The highest BCUT2D eigenvalue weighted by molar-refractivity contribution is 5.98. The molecule has 1 aliphatic rings. The van der Waals surface area contributed by atoms with Crippen LogP contribution in [0.25, 0.3) is 0 Å². The zero-order chi connectivity index (χ0) is 24.6. The van der Waals surface area contributed by atoms with Crippen molar-refractivity contribution in [3.8, 4) is 11.5 Å². The van der Waals surface area contributed by atoms with Crippen LogP contribution in [0, 0.1) is 0 Å². The van der Waals surface area contributed by atoms with E-state index in [1.807, 2.05) is 37.3 Å². The first-order chi connectivity index (χ1) is 17.0. The van der Waals surface area contributed by atoms with Crippen molar-refractivity contribution in [3.63, 3.8) is 0 Å². The minimum absolute atomic E-state index is 0.188. The number of pyridine rings is 1. The van der Waals surface area contributed by atoms with Gasteiger partial charge in [-0.15, -0.1) is 0 Å². The van der Waals surface area contributed by atoms with Crippen LogP contribution < -0.4 is 20.1 Å². The van der Waals surface area contributed by atoms with E-state index in [-0.39, 0.29) is 17.9 Å². The molecule has 4 rings (SSSR count). The highest BCUT2D eigenvalue weighted by Crippen LogP contribution is 2.31. The minimum Gasteiger partial charge on any atom is -0.493 e. The highest BCUT2D eigenvalue weighted by atomic mass is 16.5. The first kappa shape index (κ1) is 24.2. The van der Waals surface area contributed by atoms with Crippen LogP contribution >= 0.6 is 0 Å². The first-order valence-electron chi connectivity index (χ1n) is 11.6. The third kappa shape index (κ3) is 6.36. The Labute approximate surface area is 204 Å². The number of rotatable bonds is 9. The number of carbonyl (C=O) groups is 2. The predicted octanol–water partition coefficient (Wildman–Crippen LogP) is 4.28. The van der Waals surface area contributed by atoms with Gasteiger partial charge in [-0.1, -0.05) is 12.1 Å². The lowest BCUT2D eigenvalue weighted by Gasteiger charge is -2.18. The number of anilines is 1. The third-order valence-corrected chi connectivity index (χ3v) is 5.79. The fraction of sp³-hybridized carbons (Fsp3) is 0.296. The van der Waals surface area contributed by atoms with Crippen LogP contribution in [0.4, 0.5) is 5.69 Å². The van der Waals surface area contributed by atoms with Gasteiger partial charge < -0.3 is 24.8 Å². The van der Waals surface area contributed by atoms with Gasteiger partial charge in [0.2, 0.25) is 0 Å². The van der Waals surface area contributed by atoms with Crippen molar-refractivity contribution in [2.75, 3.05) is 19.0 Å². The van der Waals surface area contributed by atoms with Crippen LogP contribution in [0.3, 0.4) is 0 Å². The van der Waals surface area contributed by atoms with Crippen molar-refractivity contribution in [2.24, 2.45) is 0 Å². The largest absolute Gasteiger partial charge is 0.493 e. The molecule has 1 aliphatic heterocycles. The normalized spacial score (nSPS) is 15.8. The Balaban J connectivity index is 1.38. The lowest BCUT2D eigenvalue weighted by molar-refractivity contribution is -0.124. The van der Waals surface area contributed by atoms with Crippen molar-refractivity contribution in [1.82, 2.24) is 10.3 Å². The average Bonchev–Trinajstić information content (AvgIpc) is 3.43. The Kier molecular flexibility index (Phi) is 7.95. The van der Waals surface area contributed by atoms with Crippen LogP contribution in [0.5, 0.6) is 11.5 Å². The number of hydrogen-bond acceptors (Lipinski definition) is 6. The quantitative estimate of drug-likeness (QED) is 0.479. The Morgan fingerprint density at radius 3 is 2.69 bits per heavy atom. The van der Waals surface area contributed by atoms with Crippen LogP contribution in [0.15, 0.2) is 67.0 Å². The molecular weight excluding hydrogens is 446 g/mol. The van der Waals surface area contributed by atoms with E-state index in [9.17, 15) is 9.59 Å². The zero-order valence-electron chi connectivity index (χ0n) is 19.8. The molecule has 3 aromatic rings. The second-order valence-electron chi connectivity index (χ2n) is 8.32. The molecule has 1 aromatic heterocycles. The van der Waals surface area contributed by atoms with E-state index >= 15 is 0 Å². The summed E-state index contributed by atoms with van der Waals surface area (Å²) in [5.41, 5.74) is 2.88. The molecule has 8 nitrogen and oxygen atoms in total. The molecule has 2 unspecified atom stereocenters. The maximum absolute atomic E-state index is 12.9. The molecule has 182 valence electrons. The molecule has 1 saturated heterocycles. The highest BCUT2D eigenvalue weighted by Gasteiger charge is 2.23. The van der Waals surface area contributed by atoms with Gasteiger partial charge in [0.15, 0.2) is 11.5 Å². The average molecular weight is 476 g/mol. The van der Waals surface area contributed by atoms with Crippen molar-refractivity contribution in [3.05, 3.63) is 83.7 Å². The molecule has 0 bridgehead atoms. The molecule has 2 N–H and O–H groups in total. The molecule has 8 heteroatoms. The molecule has 0 aliphatic carbocycles. The van der Waals surface area contributed by atoms with Crippen molar-refractivity contribution in [2.45, 2.75) is 38.5 Å². The van der Waals surface area contributed by atoms with E-state index in [0.717, 1.165) is 17.5 Å². The summed E-state index contributed by atoms with van der Waals surface area (Å²) in [5.74, 6) is 0.757. The number of carbonyl (C=O) groups excluding carboxylic acids is 2. The number of benzene rings is 2. The fourth-order valence-corrected chi connectivity index (χ4v) is 3.82. The number of aromatic nitrogens is 1. The molecular formula is C27H29N3O5. The van der Waals surface area contributed by atoms with Crippen molar-refractivity contribution < 1.29 is 23.8 Å². The monoisotopic (exact) mass is 475 g/mol. The molecule has 2 amide bonds. The smallest absolute Gasteiger partial charge is 0.253 e. The number of nitrogens with zero attached hydrogens (tertiary/aromatic N) is 1. The minimum atomic E-state index is -0.431. The number of methoxy groups -OCH3 is 1. The van der Waals surface area contributed by atoms with E-state index in [2.05, 4.69) is 15.6 Å². The van der Waals surface area contributed by atoms with E-state index in [0.29, 0.717) is 42.4 Å². The number of nitrogens with one attached hydrogen (secondary N) is 2. The SMILES string of the molecule is COc1cc(C(C)NC(=O)c2cccc(NC(=O)C3CCCO3)c2)ccc1OCc1ccncc1. The van der Waals surface area contributed by atoms with Crippen LogP contribution in [-0.2, 0) is 16.1 Å². The second-order valence-corrected chi connectivity index (χ2v) is 8.32. The molecule has 35 heavy (non-hydrogen) atoms. The summed E-state index contributed by atoms with van der Waals surface area (Å²) in [4.78, 5) is 29.2. The van der Waals surface area contributed by atoms with Gasteiger partial charge in [-0.3, -0.25) is 14.6 Å². The Morgan fingerprint density at radius 1 is 1.11 bits per heavy atom. The number of ether oxygens (including phenoxy) is 3. The predicted molar refractivity (Wildman–Crippen MR) is 131 cm³/mol. The van der Waals surface area contributed by atoms with E-state index < -0.39 is 6.10 Å². The van der Waals surface area contributed by atoms with Gasteiger partial charge in [0, 0.05) is 30.3 Å². The maximum Gasteiger partial charge on any atom is 0.253 e. The third-order valence-electron chi connectivity index (χ3n) is 5.79. The summed E-state index contributed by atoms with van der Waals surface area (Å²) in [6.45, 7) is 2.89. The van der Waals surface area contributed by atoms with Gasteiger partial charge >= 0.3 is 0 Å². The molecule has 2 aromatic carbocycles. The van der Waals surface area contributed by atoms with Gasteiger partial charge in [0.1, 0.15) is 12.7 Å². The summed E-state index contributed by atoms with van der Waals surface area (Å²) in [6, 6.07) is 15.9. The van der Waals surface area contributed by atoms with E-state index in [1.54, 1.807) is 43.8 Å². The summed E-state index contributed by atoms with van der Waals surface area (Å²) in [5, 5.41) is 5.83. The molecule has 0 radical (unpaired) electrons. The van der Waals surface area contributed by atoms with Gasteiger partial charge in [-0.05, 0) is 73.4 Å². The lowest BCUT2D eigenvalue weighted by Crippen LogP contribution is -2.28. The molecule has 1 fully saturated rings. The van der Waals surface area contributed by atoms with Crippen molar-refractivity contribution >= 4 is 17.5 Å². The Bertz CT molecular complexity index is 1160. The molecule has 0 saturated carbocycles. The summed E-state index contributed by atoms with van der Waals surface area (Å²) >= 11 is 0. The van der Waals surface area contributed by atoms with Crippen LogP contribution in [0.2, 0.25) is 0 Å². The van der Waals surface area contributed by atoms with Crippen molar-refractivity contribution in [1.29, 1.82) is 0 Å². The number of amides is 2. The lowest BCUT2D eigenvalue weighted by atomic mass is 10.1. The van der Waals surface area contributed by atoms with Gasteiger partial charge in [-0.25, -0.2) is 0 Å². The zero-order valence-corrected chi connectivity index (χ0v) is 19.8.